The number of carbonyl (C=O) groups excluding carboxylic acids is 2. The largest absolute Gasteiger partial charge is 0.508 e. The number of benzene rings is 2. The van der Waals surface area contributed by atoms with Gasteiger partial charge in [-0.25, -0.2) is 9.78 Å². The summed E-state index contributed by atoms with van der Waals surface area (Å²) in [5.41, 5.74) is 4.80. The lowest BCUT2D eigenvalue weighted by molar-refractivity contribution is -0.141. The molecule has 0 bridgehead atoms. The van der Waals surface area contributed by atoms with Gasteiger partial charge in [-0.15, -0.1) is 0 Å². The first-order valence-corrected chi connectivity index (χ1v) is 12.0. The summed E-state index contributed by atoms with van der Waals surface area (Å²) < 4.78 is 15.8. The molecule has 0 spiro atoms. The SMILES string of the molecule is COc1ccccc1[C@H]1CC(=O)C2=C(C1)NC(C)=C(C(=O)OCc1ncco1)C2.Cc1cccc(O)c1. The van der Waals surface area contributed by atoms with Gasteiger partial charge in [0.15, 0.2) is 12.4 Å². The Labute approximate surface area is 215 Å². The molecular weight excluding hydrogens is 472 g/mol. The molecule has 2 heterocycles. The summed E-state index contributed by atoms with van der Waals surface area (Å²) in [6, 6.07) is 14.9. The second-order valence-electron chi connectivity index (χ2n) is 8.97. The zero-order chi connectivity index (χ0) is 26.4. The molecule has 37 heavy (non-hydrogen) atoms. The Morgan fingerprint density at radius 3 is 2.65 bits per heavy atom. The van der Waals surface area contributed by atoms with E-state index in [1.807, 2.05) is 50.2 Å². The van der Waals surface area contributed by atoms with Crippen molar-refractivity contribution in [2.24, 2.45) is 0 Å². The first-order chi connectivity index (χ1) is 17.9. The number of Topliss-reactive ketones (excluding diaryl/α,β-unsaturated/α-hetero) is 1. The van der Waals surface area contributed by atoms with Crippen molar-refractivity contribution in [2.75, 3.05) is 7.11 Å². The van der Waals surface area contributed by atoms with Gasteiger partial charge < -0.3 is 24.3 Å². The van der Waals surface area contributed by atoms with Crippen LogP contribution < -0.4 is 10.1 Å². The number of allylic oxidation sites excluding steroid dienone is 3. The zero-order valence-electron chi connectivity index (χ0n) is 21.1. The topological polar surface area (TPSA) is 111 Å². The van der Waals surface area contributed by atoms with Gasteiger partial charge in [0.25, 0.3) is 0 Å². The fourth-order valence-corrected chi connectivity index (χ4v) is 4.52. The van der Waals surface area contributed by atoms with Gasteiger partial charge in [-0.3, -0.25) is 4.79 Å². The van der Waals surface area contributed by atoms with Crippen LogP contribution in [-0.2, 0) is 20.9 Å². The highest BCUT2D eigenvalue weighted by Gasteiger charge is 2.34. The maximum atomic E-state index is 12.9. The van der Waals surface area contributed by atoms with Crippen LogP contribution in [0.3, 0.4) is 0 Å². The molecule has 0 unspecified atom stereocenters. The van der Waals surface area contributed by atoms with Gasteiger partial charge in [0.05, 0.1) is 18.9 Å². The lowest BCUT2D eigenvalue weighted by atomic mass is 9.78. The van der Waals surface area contributed by atoms with Gasteiger partial charge in [0, 0.05) is 35.7 Å². The van der Waals surface area contributed by atoms with Gasteiger partial charge in [0.2, 0.25) is 5.89 Å². The Morgan fingerprint density at radius 1 is 1.16 bits per heavy atom. The van der Waals surface area contributed by atoms with Crippen LogP contribution in [-0.4, -0.2) is 29.0 Å². The van der Waals surface area contributed by atoms with E-state index in [-0.39, 0.29) is 24.7 Å². The second-order valence-corrected chi connectivity index (χ2v) is 8.97. The molecule has 0 fully saturated rings. The van der Waals surface area contributed by atoms with E-state index in [2.05, 4.69) is 10.3 Å². The van der Waals surface area contributed by atoms with Crippen molar-refractivity contribution in [1.29, 1.82) is 0 Å². The molecule has 192 valence electrons. The number of rotatable bonds is 5. The number of ether oxygens (including phenoxy) is 2. The van der Waals surface area contributed by atoms with E-state index in [1.165, 1.54) is 12.5 Å². The number of aromatic nitrogens is 1. The molecule has 8 nitrogen and oxygen atoms in total. The van der Waals surface area contributed by atoms with Crippen molar-refractivity contribution in [3.63, 3.8) is 0 Å². The van der Waals surface area contributed by atoms with E-state index in [4.69, 9.17) is 19.0 Å². The van der Waals surface area contributed by atoms with Gasteiger partial charge in [-0.1, -0.05) is 30.3 Å². The van der Waals surface area contributed by atoms with Crippen molar-refractivity contribution >= 4 is 11.8 Å². The van der Waals surface area contributed by atoms with Crippen LogP contribution in [0.25, 0.3) is 0 Å². The van der Waals surface area contributed by atoms with Crippen LogP contribution in [0.1, 0.15) is 49.1 Å². The van der Waals surface area contributed by atoms with E-state index >= 15 is 0 Å². The number of para-hydroxylation sites is 1. The van der Waals surface area contributed by atoms with E-state index < -0.39 is 5.97 Å². The molecular formula is C29H30N2O6. The van der Waals surface area contributed by atoms with Crippen molar-refractivity contribution in [2.45, 2.75) is 45.6 Å². The molecule has 2 N–H and O–H groups in total. The number of phenolic OH excluding ortho intramolecular Hbond substituents is 1. The molecule has 1 atom stereocenters. The standard InChI is InChI=1S/C22H22N2O5.C7H8O/c1-13-16(22(26)29-12-21-23-7-8-28-21)11-17-18(24-13)9-14(10-19(17)25)15-5-3-4-6-20(15)27-2;1-6-3-2-4-7(8)5-6/h3-8,14,24H,9-12H2,1-2H3;2-5,8H,1H3/t14-;/m1./s1. The number of esters is 1. The Hall–Kier alpha value is -4.33. The maximum Gasteiger partial charge on any atom is 0.336 e. The molecule has 3 aromatic rings. The summed E-state index contributed by atoms with van der Waals surface area (Å²) in [4.78, 5) is 29.3. The Balaban J connectivity index is 0.000000342. The third-order valence-corrected chi connectivity index (χ3v) is 6.36. The average Bonchev–Trinajstić information content (AvgIpc) is 3.41. The number of dihydropyridines is 1. The Morgan fingerprint density at radius 2 is 1.97 bits per heavy atom. The van der Waals surface area contributed by atoms with Crippen LogP contribution >= 0.6 is 0 Å². The summed E-state index contributed by atoms with van der Waals surface area (Å²) in [5, 5.41) is 12.1. The van der Waals surface area contributed by atoms with Gasteiger partial charge in [0.1, 0.15) is 17.8 Å². The molecule has 5 rings (SSSR count). The number of nitrogens with one attached hydrogen (secondary N) is 1. The third kappa shape index (κ3) is 6.27. The minimum Gasteiger partial charge on any atom is -0.508 e. The highest BCUT2D eigenvalue weighted by Crippen LogP contribution is 2.41. The number of hydrogen-bond acceptors (Lipinski definition) is 8. The third-order valence-electron chi connectivity index (χ3n) is 6.36. The van der Waals surface area contributed by atoms with E-state index in [9.17, 15) is 9.59 Å². The molecule has 1 aliphatic carbocycles. The molecule has 2 aliphatic rings. The quantitative estimate of drug-likeness (QED) is 0.464. The maximum absolute atomic E-state index is 12.9. The number of ketones is 1. The first-order valence-electron chi connectivity index (χ1n) is 12.0. The highest BCUT2D eigenvalue weighted by molar-refractivity contribution is 6.01. The van der Waals surface area contributed by atoms with Crippen molar-refractivity contribution in [3.8, 4) is 11.5 Å². The summed E-state index contributed by atoms with van der Waals surface area (Å²) in [5.74, 6) is 1.06. The van der Waals surface area contributed by atoms with Crippen molar-refractivity contribution < 1.29 is 28.6 Å². The number of carbonyl (C=O) groups is 2. The molecule has 2 aromatic carbocycles. The number of aromatic hydroxyl groups is 1. The van der Waals surface area contributed by atoms with Crippen LogP contribution in [0.4, 0.5) is 0 Å². The monoisotopic (exact) mass is 502 g/mol. The number of phenols is 1. The molecule has 1 aromatic heterocycles. The zero-order valence-corrected chi connectivity index (χ0v) is 21.1. The molecule has 0 radical (unpaired) electrons. The molecule has 0 amide bonds. The van der Waals surface area contributed by atoms with Gasteiger partial charge in [-0.2, -0.15) is 0 Å². The molecule has 0 saturated carbocycles. The van der Waals surface area contributed by atoms with Crippen LogP contribution in [0.5, 0.6) is 11.5 Å². The van der Waals surface area contributed by atoms with Crippen molar-refractivity contribution in [3.05, 3.63) is 101 Å². The average molecular weight is 503 g/mol. The van der Waals surface area contributed by atoms with E-state index in [1.54, 1.807) is 19.2 Å². The predicted octanol–water partition coefficient (Wildman–Crippen LogP) is 5.10. The summed E-state index contributed by atoms with van der Waals surface area (Å²) in [7, 11) is 1.63. The van der Waals surface area contributed by atoms with E-state index in [0.717, 1.165) is 22.6 Å². The number of methoxy groups -OCH3 is 1. The minimum atomic E-state index is -0.473. The smallest absolute Gasteiger partial charge is 0.336 e. The molecule has 0 saturated heterocycles. The predicted molar refractivity (Wildman–Crippen MR) is 137 cm³/mol. The van der Waals surface area contributed by atoms with Crippen LogP contribution in [0.2, 0.25) is 0 Å². The van der Waals surface area contributed by atoms with Gasteiger partial charge >= 0.3 is 5.97 Å². The highest BCUT2D eigenvalue weighted by atomic mass is 16.5. The van der Waals surface area contributed by atoms with E-state index in [0.29, 0.717) is 41.3 Å². The Kier molecular flexibility index (Phi) is 8.08. The molecule has 8 heteroatoms. The lowest BCUT2D eigenvalue weighted by Gasteiger charge is -2.32. The fourth-order valence-electron chi connectivity index (χ4n) is 4.52. The number of aryl methyl sites for hydroxylation is 1. The summed E-state index contributed by atoms with van der Waals surface area (Å²) >= 11 is 0. The molecule has 1 aliphatic heterocycles. The van der Waals surface area contributed by atoms with Crippen LogP contribution in [0, 0.1) is 6.92 Å². The lowest BCUT2D eigenvalue weighted by Crippen LogP contribution is -2.31. The van der Waals surface area contributed by atoms with Crippen molar-refractivity contribution in [1.82, 2.24) is 10.3 Å². The number of hydrogen-bond donors (Lipinski definition) is 2. The number of nitrogens with zero attached hydrogens (tertiary/aromatic N) is 1. The normalized spacial score (nSPS) is 16.8. The number of oxazole rings is 1. The van der Waals surface area contributed by atoms with Gasteiger partial charge in [-0.05, 0) is 49.6 Å². The first kappa shape index (κ1) is 25.8. The summed E-state index contributed by atoms with van der Waals surface area (Å²) in [6.45, 7) is 3.72. The Bertz CT molecular complexity index is 1320. The fraction of sp³-hybridized carbons (Fsp3) is 0.276. The summed E-state index contributed by atoms with van der Waals surface area (Å²) in [6.07, 6.45) is 4.27. The van der Waals surface area contributed by atoms with Crippen LogP contribution in [0.15, 0.2) is 87.9 Å². The minimum absolute atomic E-state index is 0.0382. The second kappa shape index (κ2) is 11.6.